The number of hydrogen-bond acceptors (Lipinski definition) is 2. The molecule has 3 nitrogen and oxygen atoms in total. The number of amides is 1. The van der Waals surface area contributed by atoms with Crippen molar-refractivity contribution in [3.63, 3.8) is 0 Å². The van der Waals surface area contributed by atoms with E-state index in [0.717, 1.165) is 19.3 Å². The first-order valence-corrected chi connectivity index (χ1v) is 6.30. The van der Waals surface area contributed by atoms with E-state index in [1.165, 1.54) is 0 Å². The lowest BCUT2D eigenvalue weighted by molar-refractivity contribution is -0.125. The molecule has 16 heavy (non-hydrogen) atoms. The first-order chi connectivity index (χ1) is 7.69. The molecule has 0 radical (unpaired) electrons. The number of rotatable bonds is 4. The van der Waals surface area contributed by atoms with Crippen LogP contribution in [0.2, 0.25) is 0 Å². The van der Waals surface area contributed by atoms with Gasteiger partial charge in [-0.1, -0.05) is 26.0 Å². The summed E-state index contributed by atoms with van der Waals surface area (Å²) in [6, 6.07) is 0.713. The van der Waals surface area contributed by atoms with Crippen molar-refractivity contribution >= 4 is 5.91 Å². The van der Waals surface area contributed by atoms with Crippen molar-refractivity contribution in [1.82, 2.24) is 4.90 Å². The van der Waals surface area contributed by atoms with Gasteiger partial charge in [0, 0.05) is 6.92 Å². The van der Waals surface area contributed by atoms with Crippen LogP contribution >= 0.6 is 0 Å². The van der Waals surface area contributed by atoms with Gasteiger partial charge in [0.1, 0.15) is 0 Å². The lowest BCUT2D eigenvalue weighted by Gasteiger charge is -2.22. The minimum absolute atomic E-state index is 0.118. The van der Waals surface area contributed by atoms with Crippen molar-refractivity contribution in [2.75, 3.05) is 0 Å². The summed E-state index contributed by atoms with van der Waals surface area (Å²) in [7, 11) is 0. The van der Waals surface area contributed by atoms with E-state index in [1.807, 2.05) is 4.90 Å². The highest BCUT2D eigenvalue weighted by atomic mass is 16.5. The molecule has 2 rings (SSSR count). The van der Waals surface area contributed by atoms with E-state index in [4.69, 9.17) is 4.74 Å². The summed E-state index contributed by atoms with van der Waals surface area (Å²) in [6.07, 6.45) is 7.79. The van der Waals surface area contributed by atoms with E-state index in [0.29, 0.717) is 18.2 Å². The third-order valence-electron chi connectivity index (χ3n) is 3.65. The van der Waals surface area contributed by atoms with Gasteiger partial charge in [0.15, 0.2) is 0 Å². The van der Waals surface area contributed by atoms with E-state index in [9.17, 15) is 4.79 Å². The molecule has 1 amide bonds. The standard InChI is InChI=1S/C13H21NO2/c1-4-10(5-2)16-12-8-6-7-11-13(12)14(11)9(3)15/h6,8,10-13H,4-5,7H2,1-3H3/t11-,12-,13-,14?/m1/s1. The lowest BCUT2D eigenvalue weighted by Crippen LogP contribution is -2.28. The predicted molar refractivity (Wildman–Crippen MR) is 63.1 cm³/mol. The number of hydrogen-bond donors (Lipinski definition) is 0. The number of ether oxygens (including phenoxy) is 1. The number of fused-ring (bicyclic) bond motifs is 1. The molecule has 0 saturated carbocycles. The maximum absolute atomic E-state index is 11.4. The minimum Gasteiger partial charge on any atom is -0.369 e. The molecule has 0 unspecified atom stereocenters. The van der Waals surface area contributed by atoms with Crippen LogP contribution in [-0.2, 0) is 9.53 Å². The highest BCUT2D eigenvalue weighted by Gasteiger charge is 2.54. The monoisotopic (exact) mass is 223 g/mol. The molecular weight excluding hydrogens is 202 g/mol. The molecular formula is C13H21NO2. The molecule has 0 aromatic heterocycles. The molecule has 1 aliphatic carbocycles. The fraction of sp³-hybridized carbons (Fsp3) is 0.769. The Morgan fingerprint density at radius 2 is 2.19 bits per heavy atom. The van der Waals surface area contributed by atoms with Gasteiger partial charge in [-0.2, -0.15) is 0 Å². The quantitative estimate of drug-likeness (QED) is 0.539. The van der Waals surface area contributed by atoms with E-state index in [-0.39, 0.29) is 12.0 Å². The summed E-state index contributed by atoms with van der Waals surface area (Å²) in [6.45, 7) is 5.94. The summed E-state index contributed by atoms with van der Waals surface area (Å²) < 4.78 is 6.04. The zero-order valence-corrected chi connectivity index (χ0v) is 10.3. The predicted octanol–water partition coefficient (Wildman–Crippen LogP) is 2.12. The smallest absolute Gasteiger partial charge is 0.220 e. The van der Waals surface area contributed by atoms with Gasteiger partial charge in [-0.3, -0.25) is 4.79 Å². The summed E-state index contributed by atoms with van der Waals surface area (Å²) in [5.74, 6) is 0.178. The molecule has 0 spiro atoms. The molecule has 0 aromatic rings. The molecule has 0 aromatic carbocycles. The number of carbonyl (C=O) groups excluding carboxylic acids is 1. The second kappa shape index (κ2) is 4.58. The fourth-order valence-electron chi connectivity index (χ4n) is 2.67. The number of nitrogens with zero attached hydrogens (tertiary/aromatic N) is 1. The molecule has 3 atom stereocenters. The van der Waals surface area contributed by atoms with Crippen molar-refractivity contribution in [3.05, 3.63) is 12.2 Å². The van der Waals surface area contributed by atoms with Crippen LogP contribution in [0.25, 0.3) is 0 Å². The Labute approximate surface area is 97.5 Å². The first-order valence-electron chi connectivity index (χ1n) is 6.30. The van der Waals surface area contributed by atoms with E-state index in [1.54, 1.807) is 6.92 Å². The van der Waals surface area contributed by atoms with Crippen LogP contribution in [0.4, 0.5) is 0 Å². The van der Waals surface area contributed by atoms with E-state index in [2.05, 4.69) is 26.0 Å². The van der Waals surface area contributed by atoms with Crippen molar-refractivity contribution in [1.29, 1.82) is 0 Å². The van der Waals surface area contributed by atoms with Crippen LogP contribution in [-0.4, -0.2) is 35.1 Å². The molecule has 3 heteroatoms. The Morgan fingerprint density at radius 1 is 1.50 bits per heavy atom. The topological polar surface area (TPSA) is 29.3 Å². The average molecular weight is 223 g/mol. The SMILES string of the molecule is CCC(CC)O[C@@H]1C=CC[C@@H]2[C@H]1N2C(C)=O. The van der Waals surface area contributed by atoms with Gasteiger partial charge in [-0.25, -0.2) is 0 Å². The van der Waals surface area contributed by atoms with Gasteiger partial charge in [0.25, 0.3) is 0 Å². The Hall–Kier alpha value is -0.830. The fourth-order valence-corrected chi connectivity index (χ4v) is 2.67. The van der Waals surface area contributed by atoms with Gasteiger partial charge in [0.05, 0.1) is 24.3 Å². The second-order valence-electron chi connectivity index (χ2n) is 4.69. The molecule has 0 bridgehead atoms. The van der Waals surface area contributed by atoms with E-state index < -0.39 is 0 Å². The average Bonchev–Trinajstić information content (AvgIpc) is 3.00. The Morgan fingerprint density at radius 3 is 2.75 bits per heavy atom. The molecule has 1 aliphatic heterocycles. The van der Waals surface area contributed by atoms with Crippen molar-refractivity contribution in [3.8, 4) is 0 Å². The summed E-state index contributed by atoms with van der Waals surface area (Å²) in [5, 5.41) is 0. The molecule has 2 aliphatic rings. The Kier molecular flexibility index (Phi) is 3.33. The molecule has 1 saturated heterocycles. The number of carbonyl (C=O) groups is 1. The zero-order chi connectivity index (χ0) is 11.7. The normalized spacial score (nSPS) is 31.8. The van der Waals surface area contributed by atoms with Gasteiger partial charge < -0.3 is 9.64 Å². The van der Waals surface area contributed by atoms with Crippen LogP contribution in [0.5, 0.6) is 0 Å². The van der Waals surface area contributed by atoms with Gasteiger partial charge in [-0.15, -0.1) is 0 Å². The van der Waals surface area contributed by atoms with Crippen LogP contribution < -0.4 is 0 Å². The third-order valence-corrected chi connectivity index (χ3v) is 3.65. The Bertz CT molecular complexity index is 296. The highest BCUT2D eigenvalue weighted by molar-refractivity contribution is 5.77. The molecule has 1 fully saturated rings. The molecule has 1 heterocycles. The lowest BCUT2D eigenvalue weighted by atomic mass is 10.0. The second-order valence-corrected chi connectivity index (χ2v) is 4.69. The van der Waals surface area contributed by atoms with Crippen LogP contribution in [0, 0.1) is 0 Å². The largest absolute Gasteiger partial charge is 0.369 e. The summed E-state index contributed by atoms with van der Waals surface area (Å²) >= 11 is 0. The zero-order valence-electron chi connectivity index (χ0n) is 10.3. The maximum Gasteiger partial charge on any atom is 0.220 e. The molecule has 0 N–H and O–H groups in total. The van der Waals surface area contributed by atoms with Crippen LogP contribution in [0.15, 0.2) is 12.2 Å². The van der Waals surface area contributed by atoms with Crippen molar-refractivity contribution < 1.29 is 9.53 Å². The minimum atomic E-state index is 0.118. The highest BCUT2D eigenvalue weighted by Crippen LogP contribution is 2.39. The van der Waals surface area contributed by atoms with Crippen LogP contribution in [0.1, 0.15) is 40.0 Å². The van der Waals surface area contributed by atoms with Crippen LogP contribution in [0.3, 0.4) is 0 Å². The maximum atomic E-state index is 11.4. The van der Waals surface area contributed by atoms with E-state index >= 15 is 0 Å². The van der Waals surface area contributed by atoms with Gasteiger partial charge >= 0.3 is 0 Å². The van der Waals surface area contributed by atoms with Gasteiger partial charge in [0.2, 0.25) is 5.91 Å². The van der Waals surface area contributed by atoms with Crippen molar-refractivity contribution in [2.24, 2.45) is 0 Å². The van der Waals surface area contributed by atoms with Gasteiger partial charge in [-0.05, 0) is 19.3 Å². The third kappa shape index (κ3) is 2.01. The molecule has 90 valence electrons. The summed E-state index contributed by atoms with van der Waals surface area (Å²) in [4.78, 5) is 13.3. The Balaban J connectivity index is 1.97. The summed E-state index contributed by atoms with van der Waals surface area (Å²) in [5.41, 5.74) is 0. The van der Waals surface area contributed by atoms with Crippen molar-refractivity contribution in [2.45, 2.75) is 64.3 Å². The first kappa shape index (κ1) is 11.6.